The minimum Gasteiger partial charge on any atom is -0.495 e. The zero-order chi connectivity index (χ0) is 20.4. The van der Waals surface area contributed by atoms with Crippen LogP contribution in [0.25, 0.3) is 11.0 Å². The van der Waals surface area contributed by atoms with Gasteiger partial charge in [-0.15, -0.1) is 0 Å². The van der Waals surface area contributed by atoms with Crippen molar-refractivity contribution in [2.45, 2.75) is 19.0 Å². The first kappa shape index (κ1) is 18.9. The second-order valence-corrected chi connectivity index (χ2v) is 6.65. The van der Waals surface area contributed by atoms with Crippen LogP contribution in [-0.4, -0.2) is 27.0 Å². The van der Waals surface area contributed by atoms with Crippen LogP contribution in [0.1, 0.15) is 28.1 Å². The van der Waals surface area contributed by atoms with Crippen LogP contribution in [-0.2, 0) is 19.0 Å². The Morgan fingerprint density at radius 3 is 2.34 bits per heavy atom. The number of alkyl halides is 3. The summed E-state index contributed by atoms with van der Waals surface area (Å²) in [5, 5.41) is 0.990. The first-order valence-corrected chi connectivity index (χ1v) is 8.88. The molecule has 148 valence electrons. The van der Waals surface area contributed by atoms with Crippen molar-refractivity contribution < 1.29 is 17.9 Å². The molecule has 0 fully saturated rings. The molecule has 4 rings (SSSR count). The van der Waals surface area contributed by atoms with E-state index in [1.54, 1.807) is 19.5 Å². The molecule has 4 aromatic rings. The van der Waals surface area contributed by atoms with E-state index in [1.807, 2.05) is 24.4 Å². The van der Waals surface area contributed by atoms with Crippen molar-refractivity contribution >= 4 is 11.0 Å². The Morgan fingerprint density at radius 1 is 0.931 bits per heavy atom. The van der Waals surface area contributed by atoms with Gasteiger partial charge in [0.05, 0.1) is 13.3 Å². The van der Waals surface area contributed by atoms with Crippen LogP contribution in [0.4, 0.5) is 13.2 Å². The van der Waals surface area contributed by atoms with Crippen LogP contribution in [0, 0.1) is 0 Å². The Morgan fingerprint density at radius 2 is 1.69 bits per heavy atom. The summed E-state index contributed by atoms with van der Waals surface area (Å²) in [6.07, 6.45) is 3.25. The van der Waals surface area contributed by atoms with E-state index >= 15 is 0 Å². The molecule has 0 saturated heterocycles. The van der Waals surface area contributed by atoms with E-state index < -0.39 is 11.9 Å². The molecule has 5 nitrogen and oxygen atoms in total. The fourth-order valence-corrected chi connectivity index (χ4v) is 3.09. The van der Waals surface area contributed by atoms with Crippen molar-refractivity contribution in [1.82, 2.24) is 19.9 Å². The third-order valence-corrected chi connectivity index (χ3v) is 4.61. The van der Waals surface area contributed by atoms with Gasteiger partial charge in [-0.1, -0.05) is 12.1 Å². The van der Waals surface area contributed by atoms with Gasteiger partial charge in [0.15, 0.2) is 0 Å². The van der Waals surface area contributed by atoms with E-state index in [-0.39, 0.29) is 0 Å². The summed E-state index contributed by atoms with van der Waals surface area (Å²) < 4.78 is 43.0. The Hall–Kier alpha value is -3.42. The van der Waals surface area contributed by atoms with Crippen molar-refractivity contribution in [2.24, 2.45) is 0 Å². The minimum atomic E-state index is -4.43. The van der Waals surface area contributed by atoms with Crippen LogP contribution in [0.3, 0.4) is 0 Å². The number of aromatic amines is 1. The smallest absolute Gasteiger partial charge is 0.433 e. The Bertz CT molecular complexity index is 1120. The molecule has 0 aliphatic carbocycles. The van der Waals surface area contributed by atoms with Gasteiger partial charge < -0.3 is 9.72 Å². The van der Waals surface area contributed by atoms with Gasteiger partial charge in [0.1, 0.15) is 17.1 Å². The molecule has 0 amide bonds. The van der Waals surface area contributed by atoms with Gasteiger partial charge in [-0.3, -0.25) is 9.97 Å². The Labute approximate surface area is 164 Å². The zero-order valence-electron chi connectivity index (χ0n) is 15.5. The normalized spacial score (nSPS) is 11.7. The number of ether oxygens (including phenoxy) is 1. The summed E-state index contributed by atoms with van der Waals surface area (Å²) in [4.78, 5) is 15.4. The molecular weight excluding hydrogens is 381 g/mol. The van der Waals surface area contributed by atoms with Crippen molar-refractivity contribution in [3.8, 4) is 5.75 Å². The average Bonchev–Trinajstić information content (AvgIpc) is 3.11. The molecule has 29 heavy (non-hydrogen) atoms. The van der Waals surface area contributed by atoms with E-state index in [4.69, 9.17) is 4.74 Å². The number of fused-ring (bicyclic) bond motifs is 1. The van der Waals surface area contributed by atoms with E-state index in [1.165, 1.54) is 12.3 Å². The van der Waals surface area contributed by atoms with Crippen molar-refractivity contribution in [2.75, 3.05) is 7.11 Å². The monoisotopic (exact) mass is 398 g/mol. The summed E-state index contributed by atoms with van der Waals surface area (Å²) in [6.45, 7) is 0. The number of hydrogen-bond donors (Lipinski definition) is 1. The predicted octanol–water partition coefficient (Wildman–Crippen LogP) is 4.56. The number of pyridine rings is 3. The number of aromatic nitrogens is 4. The van der Waals surface area contributed by atoms with Crippen molar-refractivity contribution in [3.05, 3.63) is 83.2 Å². The third kappa shape index (κ3) is 4.21. The summed E-state index contributed by atoms with van der Waals surface area (Å²) >= 11 is 0. The maximum atomic E-state index is 12.6. The molecular formula is C21H17F3N4O. The maximum Gasteiger partial charge on any atom is 0.433 e. The Kier molecular flexibility index (Phi) is 4.92. The molecule has 0 spiro atoms. The second kappa shape index (κ2) is 7.54. The van der Waals surface area contributed by atoms with E-state index in [0.29, 0.717) is 24.2 Å². The maximum absolute atomic E-state index is 12.6. The molecule has 0 atom stereocenters. The van der Waals surface area contributed by atoms with Crippen LogP contribution in [0.5, 0.6) is 5.75 Å². The molecule has 0 unspecified atom stereocenters. The lowest BCUT2D eigenvalue weighted by Gasteiger charge is -2.07. The summed E-state index contributed by atoms with van der Waals surface area (Å²) in [6, 6.07) is 8.20. The zero-order valence-corrected chi connectivity index (χ0v) is 15.5. The minimum absolute atomic E-state index is 0.416. The molecule has 4 heterocycles. The van der Waals surface area contributed by atoms with Gasteiger partial charge in [0.25, 0.3) is 0 Å². The summed E-state index contributed by atoms with van der Waals surface area (Å²) in [7, 11) is 1.60. The van der Waals surface area contributed by atoms with Gasteiger partial charge in [-0.25, -0.2) is 4.98 Å². The molecule has 0 bridgehead atoms. The van der Waals surface area contributed by atoms with Crippen LogP contribution >= 0.6 is 0 Å². The number of methoxy groups -OCH3 is 1. The van der Waals surface area contributed by atoms with Gasteiger partial charge in [-0.05, 0) is 34.9 Å². The van der Waals surface area contributed by atoms with Gasteiger partial charge in [-0.2, -0.15) is 13.2 Å². The largest absolute Gasteiger partial charge is 0.495 e. The molecule has 0 saturated carbocycles. The number of nitrogens with one attached hydrogen (secondary N) is 1. The third-order valence-electron chi connectivity index (χ3n) is 4.61. The SMILES string of the molecule is COc1cnc2[nH]cc(Cc3ccc(Cc4ccc(C(F)(F)F)nc4)nc3)c2c1. The lowest BCUT2D eigenvalue weighted by molar-refractivity contribution is -0.141. The van der Waals surface area contributed by atoms with Gasteiger partial charge in [0.2, 0.25) is 0 Å². The highest BCUT2D eigenvalue weighted by atomic mass is 19.4. The number of H-pyrrole nitrogens is 1. The molecule has 0 aliphatic rings. The second-order valence-electron chi connectivity index (χ2n) is 6.65. The summed E-state index contributed by atoms with van der Waals surface area (Å²) in [5.74, 6) is 0.692. The topological polar surface area (TPSA) is 63.7 Å². The number of rotatable bonds is 5. The first-order valence-electron chi connectivity index (χ1n) is 8.88. The highest BCUT2D eigenvalue weighted by molar-refractivity contribution is 5.81. The van der Waals surface area contributed by atoms with Gasteiger partial charge in [0, 0.05) is 42.5 Å². The fraction of sp³-hybridized carbons (Fsp3) is 0.190. The fourth-order valence-electron chi connectivity index (χ4n) is 3.09. The molecule has 0 aromatic carbocycles. The van der Waals surface area contributed by atoms with Crippen molar-refractivity contribution in [3.63, 3.8) is 0 Å². The highest BCUT2D eigenvalue weighted by Crippen LogP contribution is 2.27. The lowest BCUT2D eigenvalue weighted by Crippen LogP contribution is -2.07. The first-order chi connectivity index (χ1) is 13.9. The highest BCUT2D eigenvalue weighted by Gasteiger charge is 2.31. The molecule has 8 heteroatoms. The Balaban J connectivity index is 1.47. The lowest BCUT2D eigenvalue weighted by atomic mass is 10.1. The van der Waals surface area contributed by atoms with Crippen LogP contribution in [0.15, 0.2) is 55.1 Å². The van der Waals surface area contributed by atoms with Crippen LogP contribution in [0.2, 0.25) is 0 Å². The molecule has 1 N–H and O–H groups in total. The summed E-state index contributed by atoms with van der Waals surface area (Å²) in [5.41, 5.74) is 3.43. The average molecular weight is 398 g/mol. The molecule has 4 aromatic heterocycles. The van der Waals surface area contributed by atoms with Crippen LogP contribution < -0.4 is 4.74 Å². The number of halogens is 3. The number of hydrogen-bond acceptors (Lipinski definition) is 4. The molecule has 0 aliphatic heterocycles. The van der Waals surface area contributed by atoms with Crippen molar-refractivity contribution in [1.29, 1.82) is 0 Å². The predicted molar refractivity (Wildman–Crippen MR) is 102 cm³/mol. The quantitative estimate of drug-likeness (QED) is 0.535. The van der Waals surface area contributed by atoms with E-state index in [0.717, 1.165) is 33.9 Å². The molecule has 0 radical (unpaired) electrons. The van der Waals surface area contributed by atoms with E-state index in [2.05, 4.69) is 19.9 Å². The van der Waals surface area contributed by atoms with E-state index in [9.17, 15) is 13.2 Å². The standard InChI is InChI=1S/C21H17F3N4O/c1-29-17-8-18-15(11-27-20(18)28-12-17)6-13-2-4-16(25-9-13)7-14-3-5-19(26-10-14)21(22,23)24/h2-5,8-12H,6-7H2,1H3,(H,27,28). The number of nitrogens with zero attached hydrogens (tertiary/aromatic N) is 3. The van der Waals surface area contributed by atoms with Gasteiger partial charge >= 0.3 is 6.18 Å².